The monoisotopic (exact) mass is 200 g/mol. The Morgan fingerprint density at radius 2 is 2.36 bits per heavy atom. The molecule has 0 aromatic carbocycles. The molecule has 1 rings (SSSR count). The van der Waals surface area contributed by atoms with Crippen molar-refractivity contribution in [3.8, 4) is 0 Å². The number of aliphatic hydroxyl groups is 2. The summed E-state index contributed by atoms with van der Waals surface area (Å²) in [5.74, 6) is -0.0898. The van der Waals surface area contributed by atoms with E-state index in [9.17, 15) is 9.90 Å². The average Bonchev–Trinajstić information content (AvgIpc) is 2.46. The van der Waals surface area contributed by atoms with E-state index in [-0.39, 0.29) is 18.3 Å². The summed E-state index contributed by atoms with van der Waals surface area (Å²) in [6, 6.07) is 0. The average molecular weight is 200 g/mol. The van der Waals surface area contributed by atoms with E-state index in [0.717, 1.165) is 0 Å². The quantitative estimate of drug-likeness (QED) is 0.621. The first-order chi connectivity index (χ1) is 6.65. The number of ketones is 1. The molecular formula is C10H16O4. The van der Waals surface area contributed by atoms with Crippen molar-refractivity contribution in [1.82, 2.24) is 0 Å². The van der Waals surface area contributed by atoms with Crippen LogP contribution in [0.25, 0.3) is 0 Å². The second kappa shape index (κ2) is 5.24. The van der Waals surface area contributed by atoms with Crippen molar-refractivity contribution in [2.45, 2.75) is 25.6 Å². The molecule has 4 nitrogen and oxygen atoms in total. The van der Waals surface area contributed by atoms with E-state index in [2.05, 4.69) is 0 Å². The van der Waals surface area contributed by atoms with Gasteiger partial charge in [-0.15, -0.1) is 0 Å². The van der Waals surface area contributed by atoms with Crippen LogP contribution in [0.2, 0.25) is 0 Å². The maximum absolute atomic E-state index is 10.7. The van der Waals surface area contributed by atoms with Crippen molar-refractivity contribution in [2.24, 2.45) is 5.92 Å². The van der Waals surface area contributed by atoms with E-state index in [1.165, 1.54) is 13.0 Å². The Labute approximate surface area is 83.2 Å². The van der Waals surface area contributed by atoms with E-state index < -0.39 is 12.2 Å². The lowest BCUT2D eigenvalue weighted by Crippen LogP contribution is -2.25. The molecule has 0 aromatic rings. The molecule has 3 atom stereocenters. The predicted octanol–water partition coefficient (Wildman–Crippen LogP) is -0.110. The molecule has 2 N–H and O–H groups in total. The maximum Gasteiger partial charge on any atom is 0.152 e. The molecular weight excluding hydrogens is 184 g/mol. The lowest BCUT2D eigenvalue weighted by Gasteiger charge is -2.13. The standard InChI is InChI=1S/C10H16O4/c1-7(12)2-3-9-10(13)8(4-5-11)6-14-9/h2-3,8-11,13H,4-6H2,1H3/b3-2+/t8-,9+,10+/m0/s1. The Morgan fingerprint density at radius 3 is 2.93 bits per heavy atom. The number of ether oxygens (including phenoxy) is 1. The summed E-state index contributed by atoms with van der Waals surface area (Å²) < 4.78 is 5.28. The molecule has 4 heteroatoms. The van der Waals surface area contributed by atoms with Crippen LogP contribution in [0.1, 0.15) is 13.3 Å². The fraction of sp³-hybridized carbons (Fsp3) is 0.700. The number of carbonyl (C=O) groups is 1. The molecule has 14 heavy (non-hydrogen) atoms. The van der Waals surface area contributed by atoms with E-state index in [4.69, 9.17) is 9.84 Å². The zero-order chi connectivity index (χ0) is 10.6. The van der Waals surface area contributed by atoms with Crippen molar-refractivity contribution in [1.29, 1.82) is 0 Å². The van der Waals surface area contributed by atoms with Crippen LogP contribution < -0.4 is 0 Å². The molecule has 0 amide bonds. The molecule has 1 saturated heterocycles. The van der Waals surface area contributed by atoms with E-state index in [0.29, 0.717) is 13.0 Å². The fourth-order valence-corrected chi connectivity index (χ4v) is 1.52. The van der Waals surface area contributed by atoms with Crippen molar-refractivity contribution in [2.75, 3.05) is 13.2 Å². The Balaban J connectivity index is 2.46. The highest BCUT2D eigenvalue weighted by atomic mass is 16.5. The van der Waals surface area contributed by atoms with Crippen LogP contribution in [0.3, 0.4) is 0 Å². The number of carbonyl (C=O) groups excluding carboxylic acids is 1. The molecule has 1 heterocycles. The molecule has 0 aromatic heterocycles. The highest BCUT2D eigenvalue weighted by Gasteiger charge is 2.33. The van der Waals surface area contributed by atoms with E-state index in [1.807, 2.05) is 0 Å². The van der Waals surface area contributed by atoms with Gasteiger partial charge in [0.25, 0.3) is 0 Å². The molecule has 80 valence electrons. The molecule has 0 radical (unpaired) electrons. The third-order valence-corrected chi connectivity index (χ3v) is 2.34. The second-order valence-electron chi connectivity index (χ2n) is 3.53. The minimum absolute atomic E-state index is 0.0263. The van der Waals surface area contributed by atoms with Gasteiger partial charge in [-0.1, -0.05) is 0 Å². The van der Waals surface area contributed by atoms with Gasteiger partial charge in [-0.3, -0.25) is 4.79 Å². The Kier molecular flexibility index (Phi) is 4.25. The van der Waals surface area contributed by atoms with Gasteiger partial charge in [0.1, 0.15) is 6.10 Å². The van der Waals surface area contributed by atoms with Gasteiger partial charge < -0.3 is 14.9 Å². The zero-order valence-electron chi connectivity index (χ0n) is 8.22. The van der Waals surface area contributed by atoms with Crippen LogP contribution in [0, 0.1) is 5.92 Å². The highest BCUT2D eigenvalue weighted by molar-refractivity contribution is 5.87. The molecule has 0 saturated carbocycles. The number of hydrogen-bond donors (Lipinski definition) is 2. The number of allylic oxidation sites excluding steroid dienone is 1. The molecule has 0 bridgehead atoms. The first kappa shape index (κ1) is 11.4. The number of rotatable bonds is 4. The number of aliphatic hydroxyl groups excluding tert-OH is 2. The van der Waals surface area contributed by atoms with E-state index in [1.54, 1.807) is 6.08 Å². The molecule has 1 aliphatic heterocycles. The van der Waals surface area contributed by atoms with Gasteiger partial charge in [0.15, 0.2) is 5.78 Å². The van der Waals surface area contributed by atoms with Crippen LogP contribution in [0.4, 0.5) is 0 Å². The van der Waals surface area contributed by atoms with Crippen LogP contribution in [0.5, 0.6) is 0 Å². The van der Waals surface area contributed by atoms with Gasteiger partial charge in [0, 0.05) is 12.5 Å². The molecule has 0 aliphatic carbocycles. The largest absolute Gasteiger partial charge is 0.396 e. The summed E-state index contributed by atoms with van der Waals surface area (Å²) in [6.07, 6.45) is 2.48. The van der Waals surface area contributed by atoms with Crippen LogP contribution in [-0.2, 0) is 9.53 Å². The van der Waals surface area contributed by atoms with Gasteiger partial charge in [-0.05, 0) is 25.5 Å². The zero-order valence-corrected chi connectivity index (χ0v) is 8.22. The summed E-state index contributed by atoms with van der Waals surface area (Å²) in [7, 11) is 0. The van der Waals surface area contributed by atoms with Gasteiger partial charge in [-0.2, -0.15) is 0 Å². The summed E-state index contributed by atoms with van der Waals surface area (Å²) in [6.45, 7) is 1.94. The summed E-state index contributed by atoms with van der Waals surface area (Å²) in [5.41, 5.74) is 0. The van der Waals surface area contributed by atoms with Crippen molar-refractivity contribution < 1.29 is 19.7 Å². The van der Waals surface area contributed by atoms with Crippen molar-refractivity contribution >= 4 is 5.78 Å². The first-order valence-electron chi connectivity index (χ1n) is 4.74. The Bertz CT molecular complexity index is 224. The summed E-state index contributed by atoms with van der Waals surface area (Å²) >= 11 is 0. The lowest BCUT2D eigenvalue weighted by atomic mass is 9.98. The third-order valence-electron chi connectivity index (χ3n) is 2.34. The van der Waals surface area contributed by atoms with Crippen LogP contribution in [-0.4, -0.2) is 41.4 Å². The first-order valence-corrected chi connectivity index (χ1v) is 4.74. The SMILES string of the molecule is CC(=O)/C=C/[C@H]1OC[C@H](CCO)[C@H]1O. The van der Waals surface area contributed by atoms with Crippen molar-refractivity contribution in [3.63, 3.8) is 0 Å². The topological polar surface area (TPSA) is 66.8 Å². The number of hydrogen-bond acceptors (Lipinski definition) is 4. The molecule has 1 aliphatic rings. The second-order valence-corrected chi connectivity index (χ2v) is 3.53. The van der Waals surface area contributed by atoms with Crippen LogP contribution >= 0.6 is 0 Å². The van der Waals surface area contributed by atoms with Gasteiger partial charge in [0.05, 0.1) is 12.7 Å². The Morgan fingerprint density at radius 1 is 1.64 bits per heavy atom. The normalized spacial score (nSPS) is 32.6. The van der Waals surface area contributed by atoms with E-state index >= 15 is 0 Å². The van der Waals surface area contributed by atoms with Gasteiger partial charge in [-0.25, -0.2) is 0 Å². The smallest absolute Gasteiger partial charge is 0.152 e. The lowest BCUT2D eigenvalue weighted by molar-refractivity contribution is -0.112. The minimum atomic E-state index is -0.613. The van der Waals surface area contributed by atoms with Gasteiger partial charge >= 0.3 is 0 Å². The minimum Gasteiger partial charge on any atom is -0.396 e. The fourth-order valence-electron chi connectivity index (χ4n) is 1.52. The summed E-state index contributed by atoms with van der Waals surface area (Å²) in [4.78, 5) is 10.7. The highest BCUT2D eigenvalue weighted by Crippen LogP contribution is 2.23. The maximum atomic E-state index is 10.7. The summed E-state index contributed by atoms with van der Waals surface area (Å²) in [5, 5.41) is 18.4. The Hall–Kier alpha value is -0.710. The predicted molar refractivity (Wildman–Crippen MR) is 50.8 cm³/mol. The molecule has 1 fully saturated rings. The molecule has 0 spiro atoms. The van der Waals surface area contributed by atoms with Crippen LogP contribution in [0.15, 0.2) is 12.2 Å². The van der Waals surface area contributed by atoms with Crippen molar-refractivity contribution in [3.05, 3.63) is 12.2 Å². The third kappa shape index (κ3) is 2.90. The molecule has 0 unspecified atom stereocenters. The van der Waals surface area contributed by atoms with Gasteiger partial charge in [0.2, 0.25) is 0 Å².